The molecule has 0 saturated heterocycles. The number of hydrogen-bond acceptors (Lipinski definition) is 6. The lowest BCUT2D eigenvalue weighted by molar-refractivity contribution is -0.120. The van der Waals surface area contributed by atoms with Crippen molar-refractivity contribution in [2.24, 2.45) is 20.7 Å². The zero-order valence-electron chi connectivity index (χ0n) is 23.6. The summed E-state index contributed by atoms with van der Waals surface area (Å²) in [5.41, 5.74) is 2.88. The maximum atomic E-state index is 13.7. The van der Waals surface area contributed by atoms with Gasteiger partial charge in [0.1, 0.15) is 11.5 Å². The molecular formula is C31H34N4O5S. The number of carbonyl (C=O) groups is 1. The Kier molecular flexibility index (Phi) is 7.86. The Morgan fingerprint density at radius 1 is 1.00 bits per heavy atom. The number of carbonyl (C=O) groups excluding carboxylic acids is 1. The van der Waals surface area contributed by atoms with Crippen molar-refractivity contribution in [1.29, 1.82) is 0 Å². The van der Waals surface area contributed by atoms with Crippen LogP contribution in [-0.4, -0.2) is 40.1 Å². The number of anilines is 2. The van der Waals surface area contributed by atoms with E-state index in [-0.39, 0.29) is 22.6 Å². The highest BCUT2D eigenvalue weighted by molar-refractivity contribution is 7.90. The molecule has 2 aliphatic rings. The van der Waals surface area contributed by atoms with Gasteiger partial charge in [-0.2, -0.15) is 8.42 Å². The van der Waals surface area contributed by atoms with E-state index in [1.807, 2.05) is 38.1 Å². The fourth-order valence-electron chi connectivity index (χ4n) is 4.63. The highest BCUT2D eigenvalue weighted by Gasteiger charge is 2.44. The molecule has 1 atom stereocenters. The number of amides is 1. The first-order valence-corrected chi connectivity index (χ1v) is 15.0. The number of aliphatic imine (C=N–C) groups is 1. The Hall–Kier alpha value is -4.18. The molecule has 10 heteroatoms. The van der Waals surface area contributed by atoms with Crippen molar-refractivity contribution < 1.29 is 22.7 Å². The van der Waals surface area contributed by atoms with Gasteiger partial charge in [0.25, 0.3) is 10.0 Å². The molecule has 1 amide bonds. The van der Waals surface area contributed by atoms with Gasteiger partial charge in [0, 0.05) is 40.9 Å². The number of fused-ring (bicyclic) bond motifs is 1. The van der Waals surface area contributed by atoms with Gasteiger partial charge in [0.2, 0.25) is 5.91 Å². The van der Waals surface area contributed by atoms with Crippen LogP contribution in [0, 0.1) is 11.3 Å². The minimum absolute atomic E-state index is 0.0315. The molecule has 1 saturated carbocycles. The Labute approximate surface area is 240 Å². The molecule has 0 radical (unpaired) electrons. The molecule has 2 N–H and O–H groups in total. The topological polar surface area (TPSA) is 118 Å². The van der Waals surface area contributed by atoms with Crippen LogP contribution in [0.1, 0.15) is 38.7 Å². The van der Waals surface area contributed by atoms with Gasteiger partial charge in [-0.3, -0.25) is 4.79 Å². The van der Waals surface area contributed by atoms with E-state index in [0.29, 0.717) is 28.6 Å². The first kappa shape index (κ1) is 28.4. The Morgan fingerprint density at radius 2 is 1.71 bits per heavy atom. The first-order valence-electron chi connectivity index (χ1n) is 13.5. The van der Waals surface area contributed by atoms with Gasteiger partial charge >= 0.3 is 0 Å². The van der Waals surface area contributed by atoms with Crippen LogP contribution in [0.3, 0.4) is 0 Å². The number of nitrogens with zero attached hydrogens (tertiary/aromatic N) is 2. The summed E-state index contributed by atoms with van der Waals surface area (Å²) < 4.78 is 42.6. The minimum atomic E-state index is -4.20. The number of para-hydroxylation sites is 1. The van der Waals surface area contributed by atoms with E-state index in [4.69, 9.17) is 14.5 Å². The molecule has 1 heterocycles. The van der Waals surface area contributed by atoms with Gasteiger partial charge in [0.05, 0.1) is 30.5 Å². The SMILES string of the molecule is COc1cc(N=C2C(=NS(=O)(=O)c3cccc(NC(=O)C4(C)CC4)c3)Nc3ccccc3CCC2C)cc(OC)c1. The smallest absolute Gasteiger partial charge is 0.284 e. The maximum absolute atomic E-state index is 13.7. The van der Waals surface area contributed by atoms with Crippen LogP contribution < -0.4 is 20.1 Å². The van der Waals surface area contributed by atoms with Crippen LogP contribution in [-0.2, 0) is 21.2 Å². The van der Waals surface area contributed by atoms with Crippen molar-refractivity contribution in [3.8, 4) is 11.5 Å². The van der Waals surface area contributed by atoms with Crippen molar-refractivity contribution in [1.82, 2.24) is 0 Å². The van der Waals surface area contributed by atoms with E-state index >= 15 is 0 Å². The summed E-state index contributed by atoms with van der Waals surface area (Å²) in [6, 6.07) is 19.2. The fourth-order valence-corrected chi connectivity index (χ4v) is 5.64. The van der Waals surface area contributed by atoms with Gasteiger partial charge < -0.3 is 20.1 Å². The van der Waals surface area contributed by atoms with E-state index in [0.717, 1.165) is 36.9 Å². The largest absolute Gasteiger partial charge is 0.497 e. The Morgan fingerprint density at radius 3 is 2.39 bits per heavy atom. The second-order valence-electron chi connectivity index (χ2n) is 10.7. The molecule has 214 valence electrons. The average Bonchev–Trinajstić information content (AvgIpc) is 3.72. The number of ether oxygens (including phenoxy) is 2. The molecule has 0 bridgehead atoms. The molecule has 3 aromatic carbocycles. The van der Waals surface area contributed by atoms with E-state index < -0.39 is 15.4 Å². The lowest BCUT2D eigenvalue weighted by Crippen LogP contribution is -2.32. The third-order valence-electron chi connectivity index (χ3n) is 7.56. The van der Waals surface area contributed by atoms with Crippen molar-refractivity contribution in [3.05, 3.63) is 72.3 Å². The first-order chi connectivity index (χ1) is 19.6. The molecule has 9 nitrogen and oxygen atoms in total. The molecule has 0 aromatic heterocycles. The van der Waals surface area contributed by atoms with Crippen LogP contribution in [0.5, 0.6) is 11.5 Å². The van der Waals surface area contributed by atoms with Crippen molar-refractivity contribution >= 4 is 44.5 Å². The summed E-state index contributed by atoms with van der Waals surface area (Å²) in [7, 11) is -1.08. The monoisotopic (exact) mass is 574 g/mol. The summed E-state index contributed by atoms with van der Waals surface area (Å²) in [6.45, 7) is 3.90. The standard InChI is InChI=1S/C31H34N4O5S/c1-20-12-13-21-8-5-6-11-27(21)34-29(28(20)32-23-16-24(39-3)19-25(17-23)40-4)35-41(37,38)26-10-7-9-22(18-26)33-30(36)31(2)14-15-31/h5-11,16-20H,12-15H2,1-4H3,(H,33,36)(H,34,35). The van der Waals surface area contributed by atoms with Gasteiger partial charge in [0.15, 0.2) is 5.84 Å². The van der Waals surface area contributed by atoms with E-state index in [1.54, 1.807) is 44.6 Å². The van der Waals surface area contributed by atoms with Crippen LogP contribution in [0.2, 0.25) is 0 Å². The summed E-state index contributed by atoms with van der Waals surface area (Å²) >= 11 is 0. The molecule has 1 aliphatic heterocycles. The van der Waals surface area contributed by atoms with Gasteiger partial charge in [-0.05, 0) is 55.5 Å². The third kappa shape index (κ3) is 6.43. The maximum Gasteiger partial charge on any atom is 0.284 e. The lowest BCUT2D eigenvalue weighted by Gasteiger charge is -2.23. The Balaban J connectivity index is 1.59. The molecule has 1 fully saturated rings. The number of hydrogen-bond donors (Lipinski definition) is 2. The molecule has 0 spiro atoms. The minimum Gasteiger partial charge on any atom is -0.497 e. The van der Waals surface area contributed by atoms with Crippen LogP contribution in [0.4, 0.5) is 17.1 Å². The number of rotatable bonds is 7. The highest BCUT2D eigenvalue weighted by atomic mass is 32.2. The molecule has 41 heavy (non-hydrogen) atoms. The van der Waals surface area contributed by atoms with Crippen LogP contribution >= 0.6 is 0 Å². The lowest BCUT2D eigenvalue weighted by atomic mass is 9.93. The van der Waals surface area contributed by atoms with E-state index in [2.05, 4.69) is 15.0 Å². The van der Waals surface area contributed by atoms with Crippen molar-refractivity contribution in [3.63, 3.8) is 0 Å². The summed E-state index contributed by atoms with van der Waals surface area (Å²) in [5, 5.41) is 6.11. The zero-order valence-corrected chi connectivity index (χ0v) is 24.4. The number of amidine groups is 1. The third-order valence-corrected chi connectivity index (χ3v) is 8.83. The number of aryl methyl sites for hydroxylation is 1. The second kappa shape index (κ2) is 11.4. The quantitative estimate of drug-likeness (QED) is 0.358. The number of benzene rings is 3. The molecular weight excluding hydrogens is 540 g/mol. The van der Waals surface area contributed by atoms with Gasteiger partial charge in [-0.1, -0.05) is 38.1 Å². The summed E-state index contributed by atoms with van der Waals surface area (Å²) in [5.74, 6) is 1.00. The van der Waals surface area contributed by atoms with Crippen LogP contribution in [0.25, 0.3) is 0 Å². The summed E-state index contributed by atoms with van der Waals surface area (Å²) in [6.07, 6.45) is 3.15. The molecule has 3 aromatic rings. The van der Waals surface area contributed by atoms with Crippen molar-refractivity contribution in [2.75, 3.05) is 24.9 Å². The van der Waals surface area contributed by atoms with E-state index in [1.165, 1.54) is 12.1 Å². The molecule has 1 unspecified atom stereocenters. The predicted octanol–water partition coefficient (Wildman–Crippen LogP) is 6.00. The summed E-state index contributed by atoms with van der Waals surface area (Å²) in [4.78, 5) is 17.4. The molecule has 5 rings (SSSR count). The number of nitrogens with one attached hydrogen (secondary N) is 2. The fraction of sp³-hybridized carbons (Fsp3) is 0.323. The van der Waals surface area contributed by atoms with E-state index in [9.17, 15) is 13.2 Å². The zero-order chi connectivity index (χ0) is 29.2. The Bertz CT molecular complexity index is 1620. The van der Waals surface area contributed by atoms with Gasteiger partial charge in [-0.15, -0.1) is 4.40 Å². The average molecular weight is 575 g/mol. The van der Waals surface area contributed by atoms with Crippen LogP contribution in [0.15, 0.2) is 81.0 Å². The number of sulfonamides is 1. The van der Waals surface area contributed by atoms with Crippen molar-refractivity contribution in [2.45, 2.75) is 44.4 Å². The second-order valence-corrected chi connectivity index (χ2v) is 12.4. The normalized spacial score (nSPS) is 19.9. The highest BCUT2D eigenvalue weighted by Crippen LogP contribution is 2.45. The number of methoxy groups -OCH3 is 2. The predicted molar refractivity (Wildman–Crippen MR) is 161 cm³/mol. The van der Waals surface area contributed by atoms with Gasteiger partial charge in [-0.25, -0.2) is 4.99 Å². The molecule has 1 aliphatic carbocycles.